The minimum absolute atomic E-state index is 0.0168. The highest BCUT2D eigenvalue weighted by atomic mass is 32.1. The van der Waals surface area contributed by atoms with E-state index in [1.54, 1.807) is 0 Å². The monoisotopic (exact) mass is 292 g/mol. The van der Waals surface area contributed by atoms with Gasteiger partial charge >= 0.3 is 0 Å². The number of nitrogens with zero attached hydrogens (tertiary/aromatic N) is 1. The summed E-state index contributed by atoms with van der Waals surface area (Å²) in [7, 11) is 0. The third-order valence-corrected chi connectivity index (χ3v) is 3.99. The molecule has 1 aliphatic heterocycles. The van der Waals surface area contributed by atoms with Gasteiger partial charge in [-0.1, -0.05) is 24.7 Å². The fourth-order valence-electron chi connectivity index (χ4n) is 2.04. The van der Waals surface area contributed by atoms with Crippen molar-refractivity contribution >= 4 is 32.6 Å². The first-order chi connectivity index (χ1) is 9.76. The first-order valence-electron chi connectivity index (χ1n) is 6.76. The first-order valence-corrected chi connectivity index (χ1v) is 7.58. The van der Waals surface area contributed by atoms with Gasteiger partial charge in [-0.05, 0) is 6.42 Å². The lowest BCUT2D eigenvalue weighted by atomic mass is 10.2. The second-order valence-electron chi connectivity index (χ2n) is 4.63. The van der Waals surface area contributed by atoms with Crippen LogP contribution in [-0.2, 0) is 4.79 Å². The Balaban J connectivity index is 1.81. The number of anilines is 1. The molecule has 1 aromatic carbocycles. The van der Waals surface area contributed by atoms with E-state index >= 15 is 0 Å². The van der Waals surface area contributed by atoms with Gasteiger partial charge in [0.1, 0.15) is 13.2 Å². The van der Waals surface area contributed by atoms with Gasteiger partial charge in [0.25, 0.3) is 0 Å². The van der Waals surface area contributed by atoms with Crippen LogP contribution in [0.2, 0.25) is 0 Å². The maximum atomic E-state index is 11.7. The Hall–Kier alpha value is -1.82. The predicted molar refractivity (Wildman–Crippen MR) is 78.8 cm³/mol. The molecule has 3 rings (SSSR count). The van der Waals surface area contributed by atoms with Crippen molar-refractivity contribution in [3.8, 4) is 11.5 Å². The molecule has 106 valence electrons. The van der Waals surface area contributed by atoms with Crippen LogP contribution < -0.4 is 14.8 Å². The predicted octanol–water partition coefficient (Wildman–Crippen LogP) is 3.20. The number of hydrogen-bond donors (Lipinski definition) is 1. The van der Waals surface area contributed by atoms with E-state index < -0.39 is 0 Å². The lowest BCUT2D eigenvalue weighted by Crippen LogP contribution is -2.15. The number of rotatable bonds is 4. The smallest absolute Gasteiger partial charge is 0.226 e. The zero-order chi connectivity index (χ0) is 13.9. The molecule has 1 amide bonds. The number of aromatic nitrogens is 1. The number of unbranched alkanes of at least 4 members (excludes halogenated alkanes) is 1. The average Bonchev–Trinajstić information content (AvgIpc) is 2.83. The molecule has 0 unspecified atom stereocenters. The maximum Gasteiger partial charge on any atom is 0.226 e. The number of amides is 1. The second-order valence-corrected chi connectivity index (χ2v) is 5.66. The van der Waals surface area contributed by atoms with E-state index in [0.29, 0.717) is 24.8 Å². The quantitative estimate of drug-likeness (QED) is 0.940. The Morgan fingerprint density at radius 2 is 2.10 bits per heavy atom. The van der Waals surface area contributed by atoms with Crippen LogP contribution in [0.5, 0.6) is 11.5 Å². The largest absolute Gasteiger partial charge is 0.486 e. The number of thiazole rings is 1. The van der Waals surface area contributed by atoms with Crippen LogP contribution in [0.4, 0.5) is 5.13 Å². The van der Waals surface area contributed by atoms with Gasteiger partial charge in [0, 0.05) is 18.6 Å². The van der Waals surface area contributed by atoms with Gasteiger partial charge in [0.15, 0.2) is 16.6 Å². The summed E-state index contributed by atoms with van der Waals surface area (Å²) in [6, 6.07) is 3.78. The van der Waals surface area contributed by atoms with Crippen LogP contribution >= 0.6 is 11.3 Å². The summed E-state index contributed by atoms with van der Waals surface area (Å²) in [5.41, 5.74) is 0.824. The summed E-state index contributed by atoms with van der Waals surface area (Å²) >= 11 is 1.45. The standard InChI is InChI=1S/C14H16N2O3S/c1-2-3-4-13(17)16-14-15-9-7-10-11(8-12(9)20-14)19-6-5-18-10/h7-8H,2-6H2,1H3,(H,15,16,17). The number of carbonyl (C=O) groups excluding carboxylic acids is 1. The molecule has 5 nitrogen and oxygen atoms in total. The Morgan fingerprint density at radius 3 is 2.85 bits per heavy atom. The molecule has 0 aliphatic carbocycles. The Bertz CT molecular complexity index is 596. The number of hydrogen-bond acceptors (Lipinski definition) is 5. The van der Waals surface area contributed by atoms with Gasteiger partial charge in [-0.2, -0.15) is 0 Å². The summed E-state index contributed by atoms with van der Waals surface area (Å²) in [6.45, 7) is 3.19. The number of fused-ring (bicyclic) bond motifs is 2. The minimum atomic E-state index is 0.0168. The van der Waals surface area contributed by atoms with Gasteiger partial charge in [-0.15, -0.1) is 0 Å². The van der Waals surface area contributed by atoms with E-state index in [-0.39, 0.29) is 5.91 Å². The molecule has 20 heavy (non-hydrogen) atoms. The lowest BCUT2D eigenvalue weighted by molar-refractivity contribution is -0.116. The van der Waals surface area contributed by atoms with E-state index in [0.717, 1.165) is 34.6 Å². The fraction of sp³-hybridized carbons (Fsp3) is 0.429. The molecule has 0 spiro atoms. The van der Waals surface area contributed by atoms with Gasteiger partial charge < -0.3 is 14.8 Å². The Morgan fingerprint density at radius 1 is 1.35 bits per heavy atom. The minimum Gasteiger partial charge on any atom is -0.486 e. The molecule has 1 aromatic heterocycles. The van der Waals surface area contributed by atoms with Crippen molar-refractivity contribution in [1.29, 1.82) is 0 Å². The van der Waals surface area contributed by atoms with Gasteiger partial charge in [-0.25, -0.2) is 4.98 Å². The van der Waals surface area contributed by atoms with Crippen molar-refractivity contribution in [3.63, 3.8) is 0 Å². The Kier molecular flexibility index (Phi) is 3.73. The molecule has 2 aromatic rings. The van der Waals surface area contributed by atoms with E-state index in [1.165, 1.54) is 11.3 Å². The molecular weight excluding hydrogens is 276 g/mol. The molecule has 2 heterocycles. The number of ether oxygens (including phenoxy) is 2. The molecule has 1 aliphatic rings. The van der Waals surface area contributed by atoms with Crippen LogP contribution in [0.25, 0.3) is 10.2 Å². The third kappa shape index (κ3) is 2.70. The highest BCUT2D eigenvalue weighted by Gasteiger charge is 2.15. The molecule has 0 radical (unpaired) electrons. The van der Waals surface area contributed by atoms with Crippen molar-refractivity contribution in [2.75, 3.05) is 18.5 Å². The van der Waals surface area contributed by atoms with E-state index in [9.17, 15) is 4.79 Å². The summed E-state index contributed by atoms with van der Waals surface area (Å²) in [5.74, 6) is 1.48. The van der Waals surface area contributed by atoms with Crippen LogP contribution in [0.1, 0.15) is 26.2 Å². The maximum absolute atomic E-state index is 11.7. The lowest BCUT2D eigenvalue weighted by Gasteiger charge is -2.17. The summed E-state index contributed by atoms with van der Waals surface area (Å²) in [4.78, 5) is 16.1. The molecule has 0 saturated heterocycles. The Labute approximate surface area is 120 Å². The second kappa shape index (κ2) is 5.66. The van der Waals surface area contributed by atoms with Crippen LogP contribution in [0.3, 0.4) is 0 Å². The van der Waals surface area contributed by atoms with E-state index in [4.69, 9.17) is 9.47 Å². The first kappa shape index (κ1) is 13.2. The van der Waals surface area contributed by atoms with Crippen molar-refractivity contribution in [2.45, 2.75) is 26.2 Å². The molecule has 0 atom stereocenters. The van der Waals surface area contributed by atoms with Crippen LogP contribution in [-0.4, -0.2) is 24.1 Å². The fourth-order valence-corrected chi connectivity index (χ4v) is 2.93. The third-order valence-electron chi connectivity index (χ3n) is 3.06. The SMILES string of the molecule is CCCCC(=O)Nc1nc2cc3c(cc2s1)OCCO3. The van der Waals surface area contributed by atoms with E-state index in [1.807, 2.05) is 12.1 Å². The molecule has 0 saturated carbocycles. The van der Waals surface area contributed by atoms with Crippen molar-refractivity contribution in [1.82, 2.24) is 4.98 Å². The van der Waals surface area contributed by atoms with Crippen molar-refractivity contribution in [3.05, 3.63) is 12.1 Å². The molecule has 1 N–H and O–H groups in total. The van der Waals surface area contributed by atoms with Gasteiger partial charge in [0.05, 0.1) is 10.2 Å². The highest BCUT2D eigenvalue weighted by Crippen LogP contribution is 2.37. The summed E-state index contributed by atoms with van der Waals surface area (Å²) in [5, 5.41) is 3.47. The number of nitrogens with one attached hydrogen (secondary N) is 1. The van der Waals surface area contributed by atoms with E-state index in [2.05, 4.69) is 17.2 Å². The van der Waals surface area contributed by atoms with Crippen LogP contribution in [0, 0.1) is 0 Å². The molecule has 6 heteroatoms. The zero-order valence-electron chi connectivity index (χ0n) is 11.3. The summed E-state index contributed by atoms with van der Waals surface area (Å²) in [6.07, 6.45) is 2.44. The zero-order valence-corrected chi connectivity index (χ0v) is 12.1. The van der Waals surface area contributed by atoms with Gasteiger partial charge in [-0.3, -0.25) is 4.79 Å². The van der Waals surface area contributed by atoms with Gasteiger partial charge in [0.2, 0.25) is 5.91 Å². The van der Waals surface area contributed by atoms with Crippen LogP contribution in [0.15, 0.2) is 12.1 Å². The van der Waals surface area contributed by atoms with Crippen molar-refractivity contribution in [2.24, 2.45) is 0 Å². The number of benzene rings is 1. The topological polar surface area (TPSA) is 60.5 Å². The number of carbonyl (C=O) groups is 1. The summed E-state index contributed by atoms with van der Waals surface area (Å²) < 4.78 is 12.1. The molecule has 0 fully saturated rings. The molecule has 0 bridgehead atoms. The normalized spacial score (nSPS) is 13.4. The highest BCUT2D eigenvalue weighted by molar-refractivity contribution is 7.22. The van der Waals surface area contributed by atoms with Crippen molar-refractivity contribution < 1.29 is 14.3 Å². The molecular formula is C14H16N2O3S. The average molecular weight is 292 g/mol.